The molecule has 0 bridgehead atoms. The molecular formula is C8HBrN2O2. The molecule has 0 spiro atoms. The Kier molecular flexibility index (Phi) is 2.41. The Morgan fingerprint density at radius 1 is 1.23 bits per heavy atom. The molecule has 1 aliphatic carbocycles. The van der Waals surface area contributed by atoms with Crippen LogP contribution in [0.2, 0.25) is 0 Å². The van der Waals surface area contributed by atoms with Gasteiger partial charge >= 0.3 is 0 Å². The highest BCUT2D eigenvalue weighted by molar-refractivity contribution is 9.12. The summed E-state index contributed by atoms with van der Waals surface area (Å²) in [7, 11) is 0. The number of carbonyl (C=O) groups is 2. The molecule has 0 aliphatic heterocycles. The lowest BCUT2D eigenvalue weighted by atomic mass is 9.98. The maximum atomic E-state index is 11.2. The second kappa shape index (κ2) is 3.34. The van der Waals surface area contributed by atoms with E-state index in [2.05, 4.69) is 15.9 Å². The van der Waals surface area contributed by atoms with E-state index in [1.165, 1.54) is 0 Å². The summed E-state index contributed by atoms with van der Waals surface area (Å²) in [6.45, 7) is 0. The molecule has 0 heterocycles. The maximum Gasteiger partial charge on any atom is 0.215 e. The molecule has 0 aromatic rings. The van der Waals surface area contributed by atoms with Crippen LogP contribution in [-0.2, 0) is 9.59 Å². The molecule has 1 rings (SSSR count). The highest BCUT2D eigenvalue weighted by Crippen LogP contribution is 2.22. The van der Waals surface area contributed by atoms with Crippen molar-refractivity contribution >= 4 is 27.5 Å². The van der Waals surface area contributed by atoms with E-state index in [4.69, 9.17) is 10.5 Å². The van der Waals surface area contributed by atoms with E-state index in [0.717, 1.165) is 6.08 Å². The van der Waals surface area contributed by atoms with Gasteiger partial charge in [-0.05, 0) is 15.9 Å². The van der Waals surface area contributed by atoms with Gasteiger partial charge in [-0.2, -0.15) is 10.5 Å². The molecule has 0 saturated carbocycles. The van der Waals surface area contributed by atoms with Crippen LogP contribution in [0.1, 0.15) is 0 Å². The Balaban J connectivity index is 3.34. The molecule has 62 valence electrons. The Hall–Kier alpha value is -1.72. The predicted molar refractivity (Wildman–Crippen MR) is 45.3 cm³/mol. The summed E-state index contributed by atoms with van der Waals surface area (Å²) in [5.41, 5.74) is -0.617. The number of halogens is 1. The normalized spacial score (nSPS) is 16.4. The first-order valence-electron chi connectivity index (χ1n) is 3.12. The number of rotatable bonds is 0. The highest BCUT2D eigenvalue weighted by atomic mass is 79.9. The van der Waals surface area contributed by atoms with Gasteiger partial charge in [0.05, 0.1) is 4.48 Å². The van der Waals surface area contributed by atoms with Crippen LogP contribution in [0.25, 0.3) is 0 Å². The lowest BCUT2D eigenvalue weighted by Gasteiger charge is -2.04. The molecule has 1 aliphatic rings. The first-order chi connectivity index (χ1) is 6.11. The van der Waals surface area contributed by atoms with Gasteiger partial charge in [0.15, 0.2) is 5.78 Å². The van der Waals surface area contributed by atoms with E-state index in [1.54, 1.807) is 12.1 Å². The third-order valence-corrected chi connectivity index (χ3v) is 2.20. The zero-order valence-electron chi connectivity index (χ0n) is 6.17. The molecule has 4 nitrogen and oxygen atoms in total. The molecule has 0 radical (unpaired) electrons. The molecular weight excluding hydrogens is 236 g/mol. The highest BCUT2D eigenvalue weighted by Gasteiger charge is 2.26. The summed E-state index contributed by atoms with van der Waals surface area (Å²) >= 11 is 2.81. The number of carbonyl (C=O) groups excluding carboxylic acids is 2. The number of ketones is 2. The lowest BCUT2D eigenvalue weighted by molar-refractivity contribution is -0.114. The van der Waals surface area contributed by atoms with Crippen LogP contribution in [0, 0.1) is 22.7 Å². The second-order valence-corrected chi connectivity index (χ2v) is 2.96. The molecule has 5 heteroatoms. The first kappa shape index (κ1) is 9.37. The smallest absolute Gasteiger partial charge is 0.215 e. The van der Waals surface area contributed by atoms with E-state index in [1.807, 2.05) is 0 Å². The van der Waals surface area contributed by atoms with E-state index in [0.29, 0.717) is 0 Å². The minimum atomic E-state index is -0.712. The standard InChI is InChI=1S/C8HBrN2O2/c9-7-5(3-11)8(13)4(2-10)1-6(7)12/h1H. The van der Waals surface area contributed by atoms with Gasteiger partial charge in [-0.15, -0.1) is 0 Å². The van der Waals surface area contributed by atoms with Crippen LogP contribution in [-0.4, -0.2) is 11.6 Å². The van der Waals surface area contributed by atoms with Crippen molar-refractivity contribution < 1.29 is 9.59 Å². The summed E-state index contributed by atoms with van der Waals surface area (Å²) < 4.78 is -0.0843. The number of hydrogen-bond acceptors (Lipinski definition) is 4. The minimum absolute atomic E-state index is 0.0843. The van der Waals surface area contributed by atoms with Crippen molar-refractivity contribution in [2.75, 3.05) is 0 Å². The van der Waals surface area contributed by atoms with Crippen molar-refractivity contribution in [2.24, 2.45) is 0 Å². The summed E-state index contributed by atoms with van der Waals surface area (Å²) in [5, 5.41) is 17.0. The van der Waals surface area contributed by atoms with Gasteiger partial charge in [-0.1, -0.05) is 0 Å². The third kappa shape index (κ3) is 1.42. The maximum absolute atomic E-state index is 11.2. The van der Waals surface area contributed by atoms with Gasteiger partial charge in [0, 0.05) is 6.08 Å². The molecule has 0 fully saturated rings. The third-order valence-electron chi connectivity index (χ3n) is 1.42. The van der Waals surface area contributed by atoms with E-state index >= 15 is 0 Å². The van der Waals surface area contributed by atoms with Gasteiger partial charge in [0.2, 0.25) is 5.78 Å². The Labute approximate surface area is 81.9 Å². The van der Waals surface area contributed by atoms with Crippen LogP contribution >= 0.6 is 15.9 Å². The van der Waals surface area contributed by atoms with Crippen molar-refractivity contribution in [1.29, 1.82) is 10.5 Å². The number of allylic oxidation sites excluding steroid dienone is 4. The van der Waals surface area contributed by atoms with Gasteiger partial charge in [0.25, 0.3) is 0 Å². The monoisotopic (exact) mass is 236 g/mol. The second-order valence-electron chi connectivity index (χ2n) is 2.16. The SMILES string of the molecule is N#CC1=CC(=O)C(Br)=C(C#N)C1=O. The zero-order chi connectivity index (χ0) is 10.0. The lowest BCUT2D eigenvalue weighted by Crippen LogP contribution is -2.15. The van der Waals surface area contributed by atoms with E-state index in [-0.39, 0.29) is 15.6 Å². The van der Waals surface area contributed by atoms with Crippen molar-refractivity contribution in [2.45, 2.75) is 0 Å². The summed E-state index contributed by atoms with van der Waals surface area (Å²) in [6.07, 6.45) is 0.910. The van der Waals surface area contributed by atoms with Gasteiger partial charge < -0.3 is 0 Å². The Bertz CT molecular complexity index is 446. The molecule has 0 atom stereocenters. The van der Waals surface area contributed by atoms with Crippen LogP contribution in [0.5, 0.6) is 0 Å². The Morgan fingerprint density at radius 3 is 2.31 bits per heavy atom. The van der Waals surface area contributed by atoms with Crippen LogP contribution in [0.4, 0.5) is 0 Å². The first-order valence-corrected chi connectivity index (χ1v) is 3.91. The average molecular weight is 237 g/mol. The van der Waals surface area contributed by atoms with E-state index in [9.17, 15) is 9.59 Å². The van der Waals surface area contributed by atoms with Gasteiger partial charge in [-0.3, -0.25) is 9.59 Å². The predicted octanol–water partition coefficient (Wildman–Crippen LogP) is 0.761. The minimum Gasteiger partial charge on any atom is -0.289 e. The summed E-state index contributed by atoms with van der Waals surface area (Å²) in [4.78, 5) is 22.2. The van der Waals surface area contributed by atoms with Crippen molar-refractivity contribution in [3.63, 3.8) is 0 Å². The number of nitriles is 2. The molecule has 0 saturated heterocycles. The number of Topliss-reactive ketones (excluding diaryl/α,β-unsaturated/α-hetero) is 1. The van der Waals surface area contributed by atoms with Crippen LogP contribution in [0.3, 0.4) is 0 Å². The largest absolute Gasteiger partial charge is 0.289 e. The van der Waals surface area contributed by atoms with Crippen molar-refractivity contribution in [1.82, 2.24) is 0 Å². The van der Waals surface area contributed by atoms with Gasteiger partial charge in [0.1, 0.15) is 23.3 Å². The van der Waals surface area contributed by atoms with Gasteiger partial charge in [-0.25, -0.2) is 0 Å². The fourth-order valence-corrected chi connectivity index (χ4v) is 1.18. The topological polar surface area (TPSA) is 81.7 Å². The molecule has 13 heavy (non-hydrogen) atoms. The molecule has 0 N–H and O–H groups in total. The molecule has 0 aromatic heterocycles. The van der Waals surface area contributed by atoms with Crippen LogP contribution in [0.15, 0.2) is 21.7 Å². The van der Waals surface area contributed by atoms with Crippen LogP contribution < -0.4 is 0 Å². The molecule has 0 aromatic carbocycles. The number of nitrogens with zero attached hydrogens (tertiary/aromatic N) is 2. The quantitative estimate of drug-likeness (QED) is 0.582. The summed E-state index contributed by atoms with van der Waals surface area (Å²) in [6, 6.07) is 3.12. The fraction of sp³-hybridized carbons (Fsp3) is 0. The van der Waals surface area contributed by atoms with Crippen molar-refractivity contribution in [3.8, 4) is 12.1 Å². The van der Waals surface area contributed by atoms with E-state index < -0.39 is 11.6 Å². The Morgan fingerprint density at radius 2 is 1.85 bits per heavy atom. The molecule has 0 amide bonds. The van der Waals surface area contributed by atoms with Crippen molar-refractivity contribution in [3.05, 3.63) is 21.7 Å². The average Bonchev–Trinajstić information content (AvgIpc) is 2.12. The summed E-state index contributed by atoms with van der Waals surface area (Å²) in [5.74, 6) is -1.25. The molecule has 0 unspecified atom stereocenters. The zero-order valence-corrected chi connectivity index (χ0v) is 7.75. The fourth-order valence-electron chi connectivity index (χ4n) is 0.800. The number of hydrogen-bond donors (Lipinski definition) is 0.